The number of hydrogen-bond acceptors (Lipinski definition) is 5. The first kappa shape index (κ1) is 13.1. The first-order valence-corrected chi connectivity index (χ1v) is 5.56. The van der Waals surface area contributed by atoms with Crippen LogP contribution in [0.2, 0.25) is 0 Å². The summed E-state index contributed by atoms with van der Waals surface area (Å²) in [4.78, 5) is 11.6. The second kappa shape index (κ2) is 4.75. The molecule has 0 amide bonds. The normalized spacial score (nSPS) is 26.9. The number of ketones is 1. The lowest BCUT2D eigenvalue weighted by Crippen LogP contribution is -2.52. The summed E-state index contributed by atoms with van der Waals surface area (Å²) in [5.41, 5.74) is 0. The van der Waals surface area contributed by atoms with Crippen LogP contribution in [0.3, 0.4) is 0 Å². The van der Waals surface area contributed by atoms with Gasteiger partial charge in [-0.2, -0.15) is 5.10 Å². The van der Waals surface area contributed by atoms with Crippen LogP contribution in [0.1, 0.15) is 20.1 Å². The molecule has 3 atom stereocenters. The van der Waals surface area contributed by atoms with Gasteiger partial charge in [0.2, 0.25) is 6.30 Å². The Morgan fingerprint density at radius 1 is 1.67 bits per heavy atom. The van der Waals surface area contributed by atoms with E-state index in [0.717, 1.165) is 4.68 Å². The minimum atomic E-state index is -1.84. The van der Waals surface area contributed by atoms with E-state index in [9.17, 15) is 14.3 Å². The van der Waals surface area contributed by atoms with Crippen LogP contribution in [0, 0.1) is 0 Å². The molecule has 1 aromatic heterocycles. The van der Waals surface area contributed by atoms with Crippen LogP contribution < -0.4 is 0 Å². The molecular weight excluding hydrogens is 243 g/mol. The van der Waals surface area contributed by atoms with Gasteiger partial charge in [0.15, 0.2) is 17.7 Å². The third-order valence-electron chi connectivity index (χ3n) is 2.66. The molecule has 100 valence electrons. The summed E-state index contributed by atoms with van der Waals surface area (Å²) in [6.07, 6.45) is -1.98. The lowest BCUT2D eigenvalue weighted by atomic mass is 10.1. The molecule has 2 rings (SSSR count). The van der Waals surface area contributed by atoms with Crippen LogP contribution in [0.4, 0.5) is 4.39 Å². The fraction of sp³-hybridized carbons (Fsp3) is 0.636. The number of hydrogen-bond donors (Lipinski definition) is 1. The lowest BCUT2D eigenvalue weighted by molar-refractivity contribution is -0.276. The Morgan fingerprint density at radius 3 is 3.00 bits per heavy atom. The van der Waals surface area contributed by atoms with Crippen molar-refractivity contribution in [3.63, 3.8) is 0 Å². The summed E-state index contributed by atoms with van der Waals surface area (Å²) < 4.78 is 25.2. The van der Waals surface area contributed by atoms with Crippen molar-refractivity contribution in [2.45, 2.75) is 38.1 Å². The molecule has 1 aliphatic heterocycles. The predicted octanol–water partition coefficient (Wildman–Crippen LogP) is 0.433. The highest BCUT2D eigenvalue weighted by Crippen LogP contribution is 2.26. The number of Topliss-reactive ketones (excluding diaryl/α,β-unsaturated/α-hetero) is 1. The van der Waals surface area contributed by atoms with E-state index in [2.05, 4.69) is 5.10 Å². The molecule has 2 heterocycles. The van der Waals surface area contributed by atoms with Crippen molar-refractivity contribution in [1.82, 2.24) is 9.78 Å². The van der Waals surface area contributed by atoms with Crippen molar-refractivity contribution in [3.8, 4) is 0 Å². The average molecular weight is 258 g/mol. The van der Waals surface area contributed by atoms with Gasteiger partial charge in [-0.1, -0.05) is 0 Å². The minimum Gasteiger partial charge on any atom is -0.385 e. The molecule has 1 aromatic rings. The molecule has 1 N–H and O–H groups in total. The van der Waals surface area contributed by atoms with Crippen molar-refractivity contribution in [2.24, 2.45) is 0 Å². The zero-order valence-electron chi connectivity index (χ0n) is 10.1. The highest BCUT2D eigenvalue weighted by molar-refractivity contribution is 5.85. The average Bonchev–Trinajstić information content (AvgIpc) is 2.84. The van der Waals surface area contributed by atoms with Gasteiger partial charge in [0.05, 0.1) is 0 Å². The van der Waals surface area contributed by atoms with Gasteiger partial charge < -0.3 is 14.6 Å². The molecule has 0 aromatic carbocycles. The van der Waals surface area contributed by atoms with Gasteiger partial charge in [0, 0.05) is 12.4 Å². The molecule has 1 aliphatic rings. The summed E-state index contributed by atoms with van der Waals surface area (Å²) >= 11 is 0. The van der Waals surface area contributed by atoms with Crippen LogP contribution in [0.25, 0.3) is 0 Å². The predicted molar refractivity (Wildman–Crippen MR) is 58.3 cm³/mol. The third-order valence-corrected chi connectivity index (χ3v) is 2.66. The Bertz CT molecular complexity index is 421. The van der Waals surface area contributed by atoms with E-state index in [0.29, 0.717) is 0 Å². The summed E-state index contributed by atoms with van der Waals surface area (Å²) in [6.45, 7) is 2.99. The molecule has 0 radical (unpaired) electrons. The maximum absolute atomic E-state index is 13.9. The molecule has 1 saturated heterocycles. The standard InChI is InChI=1S/C11H15FN2O4/c1-11(2)17-6-7(15)9(18-11)8(16)10(12)14-5-3-4-13-14/h3-5,8-10,16H,6H2,1-2H3/t8-,9-,10?/m1/s1. The van der Waals surface area contributed by atoms with E-state index in [1.807, 2.05) is 0 Å². The largest absolute Gasteiger partial charge is 0.385 e. The van der Waals surface area contributed by atoms with Gasteiger partial charge in [0.25, 0.3) is 0 Å². The molecule has 0 spiro atoms. The lowest BCUT2D eigenvalue weighted by Gasteiger charge is -2.37. The fourth-order valence-electron chi connectivity index (χ4n) is 1.72. The van der Waals surface area contributed by atoms with E-state index >= 15 is 0 Å². The van der Waals surface area contributed by atoms with Gasteiger partial charge in [-0.15, -0.1) is 0 Å². The maximum Gasteiger partial charge on any atom is 0.220 e. The van der Waals surface area contributed by atoms with E-state index < -0.39 is 30.1 Å². The molecule has 1 unspecified atom stereocenters. The molecule has 7 heteroatoms. The second-order valence-electron chi connectivity index (χ2n) is 4.54. The van der Waals surface area contributed by atoms with Gasteiger partial charge in [0.1, 0.15) is 12.7 Å². The Hall–Kier alpha value is -1.31. The van der Waals surface area contributed by atoms with Crippen molar-refractivity contribution in [2.75, 3.05) is 6.61 Å². The zero-order chi connectivity index (χ0) is 13.3. The van der Waals surface area contributed by atoms with Crippen molar-refractivity contribution >= 4 is 5.78 Å². The van der Waals surface area contributed by atoms with Crippen LogP contribution in [-0.4, -0.2) is 45.3 Å². The number of nitrogens with zero attached hydrogens (tertiary/aromatic N) is 2. The van der Waals surface area contributed by atoms with Crippen LogP contribution in [0.15, 0.2) is 18.5 Å². The number of aromatic nitrogens is 2. The molecule has 18 heavy (non-hydrogen) atoms. The van der Waals surface area contributed by atoms with Crippen LogP contribution in [0.5, 0.6) is 0 Å². The van der Waals surface area contributed by atoms with Crippen molar-refractivity contribution in [1.29, 1.82) is 0 Å². The topological polar surface area (TPSA) is 73.6 Å². The summed E-state index contributed by atoms with van der Waals surface area (Å²) in [5, 5.41) is 13.6. The number of aliphatic hydroxyl groups excluding tert-OH is 1. The Morgan fingerprint density at radius 2 is 2.39 bits per heavy atom. The van der Waals surface area contributed by atoms with E-state index in [-0.39, 0.29) is 6.61 Å². The molecule has 6 nitrogen and oxygen atoms in total. The second-order valence-corrected chi connectivity index (χ2v) is 4.54. The third kappa shape index (κ3) is 2.58. The number of ether oxygens (including phenoxy) is 2. The van der Waals surface area contributed by atoms with E-state index in [4.69, 9.17) is 9.47 Å². The monoisotopic (exact) mass is 258 g/mol. The number of rotatable bonds is 3. The van der Waals surface area contributed by atoms with E-state index in [1.165, 1.54) is 18.5 Å². The molecule has 1 fully saturated rings. The first-order valence-electron chi connectivity index (χ1n) is 5.56. The van der Waals surface area contributed by atoms with Gasteiger partial charge in [-0.3, -0.25) is 4.79 Å². The molecule has 0 bridgehead atoms. The molecule has 0 saturated carbocycles. The number of carbonyl (C=O) groups is 1. The quantitative estimate of drug-likeness (QED) is 0.851. The minimum absolute atomic E-state index is 0.208. The van der Waals surface area contributed by atoms with Gasteiger partial charge in [-0.05, 0) is 19.9 Å². The van der Waals surface area contributed by atoms with E-state index in [1.54, 1.807) is 13.8 Å². The highest BCUT2D eigenvalue weighted by atomic mass is 19.1. The Labute approximate surface area is 103 Å². The zero-order valence-corrected chi connectivity index (χ0v) is 10.1. The van der Waals surface area contributed by atoms with Gasteiger partial charge >= 0.3 is 0 Å². The highest BCUT2D eigenvalue weighted by Gasteiger charge is 2.43. The van der Waals surface area contributed by atoms with Crippen LogP contribution in [-0.2, 0) is 14.3 Å². The number of alkyl halides is 1. The fourth-order valence-corrected chi connectivity index (χ4v) is 1.72. The summed E-state index contributed by atoms with van der Waals surface area (Å²) in [7, 11) is 0. The maximum atomic E-state index is 13.9. The van der Waals surface area contributed by atoms with Crippen molar-refractivity contribution < 1.29 is 23.8 Å². The Balaban J connectivity index is 2.12. The summed E-state index contributed by atoms with van der Waals surface area (Å²) in [6, 6.07) is 1.52. The summed E-state index contributed by atoms with van der Waals surface area (Å²) in [5.74, 6) is -1.51. The molecule has 0 aliphatic carbocycles. The van der Waals surface area contributed by atoms with Gasteiger partial charge in [-0.25, -0.2) is 9.07 Å². The Kier molecular flexibility index (Phi) is 3.47. The number of aliphatic hydroxyl groups is 1. The smallest absolute Gasteiger partial charge is 0.220 e. The van der Waals surface area contributed by atoms with Crippen LogP contribution >= 0.6 is 0 Å². The first-order chi connectivity index (χ1) is 8.41. The molecular formula is C11H15FN2O4. The number of halogens is 1. The SMILES string of the molecule is CC1(C)OCC(=O)[C@H]([C@@H](O)C(F)n2cccn2)O1. The van der Waals surface area contributed by atoms with Crippen molar-refractivity contribution in [3.05, 3.63) is 18.5 Å². The number of carbonyl (C=O) groups excluding carboxylic acids is 1.